The van der Waals surface area contributed by atoms with Crippen molar-refractivity contribution in [2.45, 2.75) is 20.4 Å². The number of H-pyrrole nitrogens is 1. The molecule has 1 aromatic heterocycles. The zero-order valence-electron chi connectivity index (χ0n) is 11.6. The smallest absolute Gasteiger partial charge is 0.236 e. The Morgan fingerprint density at radius 2 is 2.05 bits per heavy atom. The number of fused-ring (bicyclic) bond motifs is 1. The molecule has 0 aliphatic rings. The van der Waals surface area contributed by atoms with E-state index in [0.717, 1.165) is 18.6 Å². The fraction of sp³-hybridized carbons (Fsp3) is 0.400. The highest BCUT2D eigenvalue weighted by Crippen LogP contribution is 2.13. The SMILES string of the molecule is CCN(CC)C(=O)CNCc1ccc2cc[nH]c2c1. The van der Waals surface area contributed by atoms with Gasteiger partial charge in [0.05, 0.1) is 6.54 Å². The second kappa shape index (κ2) is 6.38. The van der Waals surface area contributed by atoms with E-state index in [1.807, 2.05) is 24.9 Å². The molecule has 2 aromatic rings. The number of hydrogen-bond acceptors (Lipinski definition) is 2. The number of aromatic nitrogens is 1. The Kier molecular flexibility index (Phi) is 4.58. The molecule has 0 fully saturated rings. The molecule has 102 valence electrons. The minimum absolute atomic E-state index is 0.158. The van der Waals surface area contributed by atoms with Crippen molar-refractivity contribution in [3.05, 3.63) is 36.0 Å². The minimum atomic E-state index is 0.158. The molecule has 0 saturated carbocycles. The molecule has 0 unspecified atom stereocenters. The quantitative estimate of drug-likeness (QED) is 0.835. The summed E-state index contributed by atoms with van der Waals surface area (Å²) >= 11 is 0. The molecular weight excluding hydrogens is 238 g/mol. The van der Waals surface area contributed by atoms with Crippen molar-refractivity contribution in [3.63, 3.8) is 0 Å². The van der Waals surface area contributed by atoms with Crippen molar-refractivity contribution >= 4 is 16.8 Å². The Morgan fingerprint density at radius 1 is 1.26 bits per heavy atom. The van der Waals surface area contributed by atoms with Crippen LogP contribution in [0.2, 0.25) is 0 Å². The van der Waals surface area contributed by atoms with Gasteiger partial charge in [-0.05, 0) is 36.9 Å². The van der Waals surface area contributed by atoms with Gasteiger partial charge in [-0.1, -0.05) is 12.1 Å². The van der Waals surface area contributed by atoms with E-state index in [1.165, 1.54) is 10.9 Å². The molecule has 0 spiro atoms. The lowest BCUT2D eigenvalue weighted by Crippen LogP contribution is -2.37. The molecule has 4 heteroatoms. The van der Waals surface area contributed by atoms with Crippen LogP contribution in [0.25, 0.3) is 10.9 Å². The Hall–Kier alpha value is -1.81. The van der Waals surface area contributed by atoms with E-state index in [4.69, 9.17) is 0 Å². The molecule has 4 nitrogen and oxygen atoms in total. The van der Waals surface area contributed by atoms with Gasteiger partial charge in [0.2, 0.25) is 5.91 Å². The number of carbonyl (C=O) groups excluding carboxylic acids is 1. The average molecular weight is 259 g/mol. The molecule has 1 aromatic carbocycles. The number of likely N-dealkylation sites (N-methyl/N-ethyl adjacent to an activating group) is 1. The van der Waals surface area contributed by atoms with E-state index in [1.54, 1.807) is 0 Å². The summed E-state index contributed by atoms with van der Waals surface area (Å²) in [6.07, 6.45) is 1.94. The minimum Gasteiger partial charge on any atom is -0.361 e. The summed E-state index contributed by atoms with van der Waals surface area (Å²) < 4.78 is 0. The number of aromatic amines is 1. The first kappa shape index (κ1) is 13.6. The zero-order valence-corrected chi connectivity index (χ0v) is 11.6. The highest BCUT2D eigenvalue weighted by molar-refractivity contribution is 5.80. The number of hydrogen-bond donors (Lipinski definition) is 2. The first-order valence-corrected chi connectivity index (χ1v) is 6.79. The van der Waals surface area contributed by atoms with Crippen molar-refractivity contribution in [1.29, 1.82) is 0 Å². The van der Waals surface area contributed by atoms with Crippen molar-refractivity contribution in [3.8, 4) is 0 Å². The predicted molar refractivity (Wildman–Crippen MR) is 77.9 cm³/mol. The van der Waals surface area contributed by atoms with Gasteiger partial charge in [-0.2, -0.15) is 0 Å². The first-order chi connectivity index (χ1) is 9.24. The Morgan fingerprint density at radius 3 is 2.79 bits per heavy atom. The third kappa shape index (κ3) is 3.35. The van der Waals surface area contributed by atoms with Crippen LogP contribution in [-0.4, -0.2) is 35.4 Å². The molecule has 1 amide bonds. The third-order valence-electron chi connectivity index (χ3n) is 3.34. The molecule has 0 saturated heterocycles. The van der Waals surface area contributed by atoms with Gasteiger partial charge < -0.3 is 15.2 Å². The summed E-state index contributed by atoms with van der Waals surface area (Å²) in [7, 11) is 0. The van der Waals surface area contributed by atoms with Crippen LogP contribution < -0.4 is 5.32 Å². The summed E-state index contributed by atoms with van der Waals surface area (Å²) in [6, 6.07) is 8.35. The molecular formula is C15H21N3O. The van der Waals surface area contributed by atoms with Crippen LogP contribution in [0.5, 0.6) is 0 Å². The maximum atomic E-state index is 11.8. The lowest BCUT2D eigenvalue weighted by Gasteiger charge is -2.18. The normalized spacial score (nSPS) is 10.8. The Labute approximate surface area is 113 Å². The summed E-state index contributed by atoms with van der Waals surface area (Å²) in [5, 5.41) is 4.41. The van der Waals surface area contributed by atoms with Crippen LogP contribution in [0.3, 0.4) is 0 Å². The van der Waals surface area contributed by atoms with E-state index < -0.39 is 0 Å². The number of nitrogens with one attached hydrogen (secondary N) is 2. The van der Waals surface area contributed by atoms with Crippen LogP contribution in [0.4, 0.5) is 0 Å². The number of benzene rings is 1. The summed E-state index contributed by atoms with van der Waals surface area (Å²) in [4.78, 5) is 16.9. The van der Waals surface area contributed by atoms with Gasteiger partial charge in [-0.25, -0.2) is 0 Å². The zero-order chi connectivity index (χ0) is 13.7. The molecule has 1 heterocycles. The topological polar surface area (TPSA) is 48.1 Å². The van der Waals surface area contributed by atoms with Gasteiger partial charge >= 0.3 is 0 Å². The molecule has 0 bridgehead atoms. The van der Waals surface area contributed by atoms with Crippen LogP contribution in [-0.2, 0) is 11.3 Å². The average Bonchev–Trinajstić information content (AvgIpc) is 2.87. The molecule has 0 aliphatic heterocycles. The van der Waals surface area contributed by atoms with Crippen molar-refractivity contribution < 1.29 is 4.79 Å². The van der Waals surface area contributed by atoms with Gasteiger partial charge in [0.25, 0.3) is 0 Å². The maximum absolute atomic E-state index is 11.8. The Balaban J connectivity index is 1.86. The monoisotopic (exact) mass is 259 g/mol. The highest BCUT2D eigenvalue weighted by Gasteiger charge is 2.08. The van der Waals surface area contributed by atoms with Gasteiger partial charge in [0, 0.05) is 31.3 Å². The maximum Gasteiger partial charge on any atom is 0.236 e. The fourth-order valence-electron chi connectivity index (χ4n) is 2.21. The predicted octanol–water partition coefficient (Wildman–Crippen LogP) is 2.13. The van der Waals surface area contributed by atoms with Crippen molar-refractivity contribution in [1.82, 2.24) is 15.2 Å². The lowest BCUT2D eigenvalue weighted by atomic mass is 10.1. The molecule has 2 N–H and O–H groups in total. The summed E-state index contributed by atoms with van der Waals surface area (Å²) in [5.74, 6) is 0.158. The van der Waals surface area contributed by atoms with Crippen molar-refractivity contribution in [2.24, 2.45) is 0 Å². The van der Waals surface area contributed by atoms with Gasteiger partial charge in [-0.15, -0.1) is 0 Å². The van der Waals surface area contributed by atoms with E-state index in [0.29, 0.717) is 13.1 Å². The van der Waals surface area contributed by atoms with E-state index in [9.17, 15) is 4.79 Å². The highest BCUT2D eigenvalue weighted by atomic mass is 16.2. The molecule has 0 radical (unpaired) electrons. The second-order valence-corrected chi connectivity index (χ2v) is 4.57. The van der Waals surface area contributed by atoms with E-state index >= 15 is 0 Å². The third-order valence-corrected chi connectivity index (χ3v) is 3.34. The molecule has 19 heavy (non-hydrogen) atoms. The van der Waals surface area contributed by atoms with Crippen LogP contribution in [0, 0.1) is 0 Å². The number of carbonyl (C=O) groups is 1. The number of nitrogens with zero attached hydrogens (tertiary/aromatic N) is 1. The largest absolute Gasteiger partial charge is 0.361 e. The van der Waals surface area contributed by atoms with E-state index in [-0.39, 0.29) is 5.91 Å². The second-order valence-electron chi connectivity index (χ2n) is 4.57. The van der Waals surface area contributed by atoms with Crippen LogP contribution in [0.1, 0.15) is 19.4 Å². The fourth-order valence-corrected chi connectivity index (χ4v) is 2.21. The molecule has 0 aliphatic carbocycles. The number of rotatable bonds is 6. The molecule has 0 atom stereocenters. The standard InChI is InChI=1S/C15H21N3O/c1-3-18(4-2)15(19)11-16-10-12-5-6-13-7-8-17-14(13)9-12/h5-9,16-17H,3-4,10-11H2,1-2H3. The van der Waals surface area contributed by atoms with Crippen molar-refractivity contribution in [2.75, 3.05) is 19.6 Å². The Bertz CT molecular complexity index is 543. The van der Waals surface area contributed by atoms with E-state index in [2.05, 4.69) is 34.6 Å². The van der Waals surface area contributed by atoms with Gasteiger partial charge in [0.1, 0.15) is 0 Å². The van der Waals surface area contributed by atoms with Crippen LogP contribution >= 0.6 is 0 Å². The lowest BCUT2D eigenvalue weighted by molar-refractivity contribution is -0.129. The summed E-state index contributed by atoms with van der Waals surface area (Å²) in [6.45, 7) is 6.64. The molecule has 2 rings (SSSR count). The summed E-state index contributed by atoms with van der Waals surface area (Å²) in [5.41, 5.74) is 2.32. The van der Waals surface area contributed by atoms with Gasteiger partial charge in [0.15, 0.2) is 0 Å². The number of amides is 1. The van der Waals surface area contributed by atoms with Gasteiger partial charge in [-0.3, -0.25) is 4.79 Å². The first-order valence-electron chi connectivity index (χ1n) is 6.79. The van der Waals surface area contributed by atoms with Crippen LogP contribution in [0.15, 0.2) is 30.5 Å².